The second-order valence-corrected chi connectivity index (χ2v) is 8.56. The van der Waals surface area contributed by atoms with E-state index in [1.54, 1.807) is 6.33 Å². The van der Waals surface area contributed by atoms with E-state index in [4.69, 9.17) is 9.84 Å². The Bertz CT molecular complexity index is 935. The zero-order valence-electron chi connectivity index (χ0n) is 15.7. The predicted molar refractivity (Wildman–Crippen MR) is 101 cm³/mol. The van der Waals surface area contributed by atoms with Crippen molar-refractivity contribution >= 4 is 16.0 Å². The number of hydrogen-bond donors (Lipinski definition) is 2. The second kappa shape index (κ2) is 8.70. The van der Waals surface area contributed by atoms with E-state index in [1.807, 2.05) is 4.57 Å². The molecule has 1 aromatic carbocycles. The molecule has 10 heteroatoms. The van der Waals surface area contributed by atoms with Gasteiger partial charge in [0.25, 0.3) is 0 Å². The molecule has 1 aliphatic rings. The smallest absolute Gasteiger partial charge is 0.307 e. The lowest BCUT2D eigenvalue weighted by Crippen LogP contribution is -2.26. The van der Waals surface area contributed by atoms with Gasteiger partial charge >= 0.3 is 5.97 Å². The van der Waals surface area contributed by atoms with Gasteiger partial charge in [0.15, 0.2) is 0 Å². The van der Waals surface area contributed by atoms with Gasteiger partial charge in [0.05, 0.1) is 20.1 Å². The van der Waals surface area contributed by atoms with Crippen LogP contribution in [0, 0.1) is 0 Å². The summed E-state index contributed by atoms with van der Waals surface area (Å²) in [7, 11) is -2.57. The van der Waals surface area contributed by atoms with Gasteiger partial charge in [-0.25, -0.2) is 13.1 Å². The third-order valence-corrected chi connectivity index (χ3v) is 6.33. The van der Waals surface area contributed by atoms with Crippen LogP contribution in [0.25, 0.3) is 0 Å². The zero-order chi connectivity index (χ0) is 20.1. The Labute approximate surface area is 163 Å². The number of nitrogens with zero attached hydrogens (tertiary/aromatic N) is 3. The summed E-state index contributed by atoms with van der Waals surface area (Å²) in [6, 6.07) is 4.60. The Morgan fingerprint density at radius 2 is 2.07 bits per heavy atom. The van der Waals surface area contributed by atoms with Gasteiger partial charge in [-0.3, -0.25) is 4.79 Å². The Balaban J connectivity index is 1.79. The van der Waals surface area contributed by atoms with Crippen LogP contribution in [0.4, 0.5) is 0 Å². The maximum absolute atomic E-state index is 12.8. The Morgan fingerprint density at radius 1 is 1.32 bits per heavy atom. The fraction of sp³-hybridized carbons (Fsp3) is 0.500. The van der Waals surface area contributed by atoms with Gasteiger partial charge in [-0.05, 0) is 30.5 Å². The zero-order valence-corrected chi connectivity index (χ0v) is 16.5. The molecule has 0 unspecified atom stereocenters. The van der Waals surface area contributed by atoms with Crippen molar-refractivity contribution in [1.29, 1.82) is 0 Å². The first kappa shape index (κ1) is 20.3. The molecule has 28 heavy (non-hydrogen) atoms. The Morgan fingerprint density at radius 3 is 2.75 bits per heavy atom. The van der Waals surface area contributed by atoms with Gasteiger partial charge in [0.2, 0.25) is 10.0 Å². The SMILES string of the molecule is COc1ccc(CC(=O)O)cc1S(=O)(=O)NCc1nncn1C1CCCCC1. The lowest BCUT2D eigenvalue weighted by molar-refractivity contribution is -0.136. The molecule has 152 valence electrons. The van der Waals surface area contributed by atoms with E-state index >= 15 is 0 Å². The van der Waals surface area contributed by atoms with E-state index in [0.29, 0.717) is 11.4 Å². The lowest BCUT2D eigenvalue weighted by atomic mass is 9.95. The van der Waals surface area contributed by atoms with Crippen molar-refractivity contribution in [2.45, 2.75) is 56.0 Å². The van der Waals surface area contributed by atoms with E-state index in [9.17, 15) is 13.2 Å². The number of carboxylic acids is 1. The lowest BCUT2D eigenvalue weighted by Gasteiger charge is -2.24. The highest BCUT2D eigenvalue weighted by molar-refractivity contribution is 7.89. The number of carbonyl (C=O) groups is 1. The number of methoxy groups -OCH3 is 1. The van der Waals surface area contributed by atoms with Crippen molar-refractivity contribution in [3.63, 3.8) is 0 Å². The summed E-state index contributed by atoms with van der Waals surface area (Å²) in [6.45, 7) is -0.00878. The van der Waals surface area contributed by atoms with Crippen LogP contribution in [-0.4, -0.2) is 41.4 Å². The number of aliphatic carboxylic acids is 1. The first-order valence-electron chi connectivity index (χ1n) is 9.17. The number of aromatic nitrogens is 3. The van der Waals surface area contributed by atoms with Crippen molar-refractivity contribution < 1.29 is 23.1 Å². The molecule has 1 fully saturated rings. The molecule has 2 aromatic rings. The summed E-state index contributed by atoms with van der Waals surface area (Å²) in [6.07, 6.45) is 6.93. The minimum absolute atomic E-state index is 0.00878. The normalized spacial score (nSPS) is 15.5. The van der Waals surface area contributed by atoms with Crippen molar-refractivity contribution in [3.8, 4) is 5.75 Å². The fourth-order valence-electron chi connectivity index (χ4n) is 3.51. The number of hydrogen-bond acceptors (Lipinski definition) is 6. The molecule has 0 bridgehead atoms. The number of ether oxygens (including phenoxy) is 1. The summed E-state index contributed by atoms with van der Waals surface area (Å²) in [5.41, 5.74) is 0.374. The van der Waals surface area contributed by atoms with Crippen LogP contribution in [-0.2, 0) is 27.8 Å². The fourth-order valence-corrected chi connectivity index (χ4v) is 4.71. The largest absolute Gasteiger partial charge is 0.495 e. The van der Waals surface area contributed by atoms with Gasteiger partial charge in [0.1, 0.15) is 22.8 Å². The standard InChI is InChI=1S/C18H24N4O5S/c1-27-15-8-7-13(10-18(23)24)9-16(15)28(25,26)20-11-17-21-19-12-22(17)14-5-3-2-4-6-14/h7-9,12,14,20H,2-6,10-11H2,1H3,(H,23,24). The summed E-state index contributed by atoms with van der Waals surface area (Å²) in [5, 5.41) is 17.0. The average molecular weight is 408 g/mol. The summed E-state index contributed by atoms with van der Waals surface area (Å²) in [4.78, 5) is 10.8. The van der Waals surface area contributed by atoms with Gasteiger partial charge in [-0.2, -0.15) is 0 Å². The van der Waals surface area contributed by atoms with Crippen LogP contribution < -0.4 is 9.46 Å². The predicted octanol–water partition coefficient (Wildman–Crippen LogP) is 1.90. The molecule has 1 heterocycles. The Kier molecular flexibility index (Phi) is 6.30. The number of benzene rings is 1. The third-order valence-electron chi connectivity index (χ3n) is 4.91. The van der Waals surface area contributed by atoms with Crippen molar-refractivity contribution in [2.75, 3.05) is 7.11 Å². The number of nitrogens with one attached hydrogen (secondary N) is 1. The molecule has 0 atom stereocenters. The molecule has 0 saturated heterocycles. The van der Waals surface area contributed by atoms with Crippen molar-refractivity contribution in [3.05, 3.63) is 35.9 Å². The maximum atomic E-state index is 12.8. The molecule has 1 aromatic heterocycles. The van der Waals surface area contributed by atoms with Crippen LogP contribution in [0.3, 0.4) is 0 Å². The molecule has 1 saturated carbocycles. The average Bonchev–Trinajstić information content (AvgIpc) is 3.15. The minimum atomic E-state index is -3.93. The maximum Gasteiger partial charge on any atom is 0.307 e. The number of carboxylic acid groups (broad SMARTS) is 1. The van der Waals surface area contributed by atoms with E-state index in [1.165, 1.54) is 31.7 Å². The van der Waals surface area contributed by atoms with E-state index in [2.05, 4.69) is 14.9 Å². The molecule has 0 amide bonds. The first-order chi connectivity index (χ1) is 13.4. The topological polar surface area (TPSA) is 123 Å². The molecule has 3 rings (SSSR count). The molecular weight excluding hydrogens is 384 g/mol. The van der Waals surface area contributed by atoms with Crippen LogP contribution in [0.2, 0.25) is 0 Å². The minimum Gasteiger partial charge on any atom is -0.495 e. The summed E-state index contributed by atoms with van der Waals surface area (Å²) >= 11 is 0. The van der Waals surface area contributed by atoms with Gasteiger partial charge in [-0.15, -0.1) is 10.2 Å². The van der Waals surface area contributed by atoms with E-state index < -0.39 is 16.0 Å². The van der Waals surface area contributed by atoms with Gasteiger partial charge < -0.3 is 14.4 Å². The van der Waals surface area contributed by atoms with Crippen LogP contribution in [0.5, 0.6) is 5.75 Å². The molecule has 9 nitrogen and oxygen atoms in total. The first-order valence-corrected chi connectivity index (χ1v) is 10.7. The highest BCUT2D eigenvalue weighted by Gasteiger charge is 2.23. The highest BCUT2D eigenvalue weighted by atomic mass is 32.2. The highest BCUT2D eigenvalue weighted by Crippen LogP contribution is 2.29. The molecule has 0 spiro atoms. The molecule has 1 aliphatic carbocycles. The monoisotopic (exact) mass is 408 g/mol. The van der Waals surface area contributed by atoms with Crippen LogP contribution in [0.1, 0.15) is 49.5 Å². The molecule has 2 N–H and O–H groups in total. The van der Waals surface area contributed by atoms with E-state index in [0.717, 1.165) is 25.7 Å². The molecule has 0 aliphatic heterocycles. The molecule has 0 radical (unpaired) electrons. The van der Waals surface area contributed by atoms with Gasteiger partial charge in [-0.1, -0.05) is 25.3 Å². The quantitative estimate of drug-likeness (QED) is 0.684. The van der Waals surface area contributed by atoms with Gasteiger partial charge in [0, 0.05) is 6.04 Å². The number of rotatable bonds is 8. The Hall–Kier alpha value is -2.46. The van der Waals surface area contributed by atoms with Crippen LogP contribution >= 0.6 is 0 Å². The molecular formula is C18H24N4O5S. The van der Waals surface area contributed by atoms with Crippen LogP contribution in [0.15, 0.2) is 29.4 Å². The summed E-state index contributed by atoms with van der Waals surface area (Å²) in [5.74, 6) is -0.339. The van der Waals surface area contributed by atoms with Crippen molar-refractivity contribution in [2.24, 2.45) is 0 Å². The van der Waals surface area contributed by atoms with Crippen molar-refractivity contribution in [1.82, 2.24) is 19.5 Å². The summed E-state index contributed by atoms with van der Waals surface area (Å²) < 4.78 is 35.3. The number of sulfonamides is 1. The third kappa shape index (κ3) is 4.68. The second-order valence-electron chi connectivity index (χ2n) is 6.83. The van der Waals surface area contributed by atoms with E-state index in [-0.39, 0.29) is 29.7 Å².